The van der Waals surface area contributed by atoms with Gasteiger partial charge in [-0.3, -0.25) is 9.69 Å². The lowest BCUT2D eigenvalue weighted by molar-refractivity contribution is -0.112. The van der Waals surface area contributed by atoms with Gasteiger partial charge in [-0.1, -0.05) is 29.3 Å². The number of piperazine rings is 1. The van der Waals surface area contributed by atoms with Gasteiger partial charge in [0.25, 0.3) is 0 Å². The lowest BCUT2D eigenvalue weighted by Gasteiger charge is -2.35. The van der Waals surface area contributed by atoms with E-state index < -0.39 is 0 Å². The number of carbonyl (C=O) groups excluding carboxylic acids is 1. The van der Waals surface area contributed by atoms with Crippen LogP contribution in [0.5, 0.6) is 0 Å². The normalized spacial score (nSPS) is 16.9. The second-order valence-corrected chi connectivity index (χ2v) is 5.40. The van der Waals surface area contributed by atoms with Crippen LogP contribution in [0, 0.1) is 0 Å². The summed E-state index contributed by atoms with van der Waals surface area (Å²) in [6.45, 7) is 3.51. The standard InChI is InChI=1S/C12H13Cl3N2O/c13-9-2-1-3-10(12(9)15)17-6-4-16(5-7-17)8-11(14)18/h1-3H,4-8H2. The molecular formula is C12H13Cl3N2O. The fraction of sp³-hybridized carbons (Fsp3) is 0.417. The Morgan fingerprint density at radius 2 is 1.83 bits per heavy atom. The van der Waals surface area contributed by atoms with Gasteiger partial charge in [0.15, 0.2) is 0 Å². The molecule has 1 saturated heterocycles. The molecule has 0 N–H and O–H groups in total. The molecule has 6 heteroatoms. The number of rotatable bonds is 3. The van der Waals surface area contributed by atoms with Crippen LogP contribution < -0.4 is 4.90 Å². The zero-order valence-corrected chi connectivity index (χ0v) is 12.0. The predicted octanol–water partition coefficient (Wildman–Crippen LogP) is 2.88. The van der Waals surface area contributed by atoms with E-state index >= 15 is 0 Å². The van der Waals surface area contributed by atoms with Crippen LogP contribution in [0.25, 0.3) is 0 Å². The maximum atomic E-state index is 10.8. The molecule has 1 aliphatic heterocycles. The highest BCUT2D eigenvalue weighted by atomic mass is 35.5. The fourth-order valence-corrected chi connectivity index (χ4v) is 2.64. The Bertz CT molecular complexity index is 445. The number of hydrogen-bond acceptors (Lipinski definition) is 3. The van der Waals surface area contributed by atoms with E-state index in [4.69, 9.17) is 34.8 Å². The molecule has 98 valence electrons. The van der Waals surface area contributed by atoms with Gasteiger partial charge in [-0.15, -0.1) is 0 Å². The molecule has 3 nitrogen and oxygen atoms in total. The summed E-state index contributed by atoms with van der Waals surface area (Å²) in [5.74, 6) is 0. The number of halogens is 3. The molecule has 0 radical (unpaired) electrons. The molecule has 1 aliphatic rings. The van der Waals surface area contributed by atoms with Crippen molar-refractivity contribution in [1.82, 2.24) is 4.90 Å². The van der Waals surface area contributed by atoms with Crippen molar-refractivity contribution >= 4 is 45.7 Å². The van der Waals surface area contributed by atoms with Crippen molar-refractivity contribution in [3.8, 4) is 0 Å². The molecule has 1 fully saturated rings. The van der Waals surface area contributed by atoms with Crippen LogP contribution in [0.4, 0.5) is 5.69 Å². The van der Waals surface area contributed by atoms with Gasteiger partial charge in [0, 0.05) is 26.2 Å². The molecule has 0 unspecified atom stereocenters. The smallest absolute Gasteiger partial charge is 0.235 e. The summed E-state index contributed by atoms with van der Waals surface area (Å²) < 4.78 is 0. The van der Waals surface area contributed by atoms with Crippen molar-refractivity contribution in [2.45, 2.75) is 0 Å². The van der Waals surface area contributed by atoms with E-state index in [0.717, 1.165) is 31.9 Å². The van der Waals surface area contributed by atoms with E-state index in [1.54, 1.807) is 6.07 Å². The maximum Gasteiger partial charge on any atom is 0.235 e. The number of anilines is 1. The molecule has 0 aromatic heterocycles. The van der Waals surface area contributed by atoms with Crippen LogP contribution in [0.1, 0.15) is 0 Å². The second kappa shape index (κ2) is 6.11. The van der Waals surface area contributed by atoms with Crippen LogP contribution in [0.15, 0.2) is 18.2 Å². The van der Waals surface area contributed by atoms with E-state index in [-0.39, 0.29) is 5.24 Å². The predicted molar refractivity (Wildman–Crippen MR) is 76.0 cm³/mol. The quantitative estimate of drug-likeness (QED) is 0.802. The summed E-state index contributed by atoms with van der Waals surface area (Å²) in [7, 11) is 0. The van der Waals surface area contributed by atoms with Crippen LogP contribution >= 0.6 is 34.8 Å². The number of nitrogens with zero attached hydrogens (tertiary/aromatic N) is 2. The van der Waals surface area contributed by atoms with E-state index in [2.05, 4.69) is 4.90 Å². The lowest BCUT2D eigenvalue weighted by Crippen LogP contribution is -2.47. The van der Waals surface area contributed by atoms with Gasteiger partial charge in [-0.25, -0.2) is 0 Å². The Morgan fingerprint density at radius 3 is 2.44 bits per heavy atom. The second-order valence-electron chi connectivity index (χ2n) is 4.19. The van der Waals surface area contributed by atoms with E-state index in [1.165, 1.54) is 0 Å². The molecule has 1 heterocycles. The monoisotopic (exact) mass is 306 g/mol. The average Bonchev–Trinajstić information content (AvgIpc) is 2.33. The molecule has 1 aromatic carbocycles. The van der Waals surface area contributed by atoms with Gasteiger partial charge in [0.2, 0.25) is 5.24 Å². The van der Waals surface area contributed by atoms with Crippen molar-refractivity contribution in [3.63, 3.8) is 0 Å². The van der Waals surface area contributed by atoms with Crippen molar-refractivity contribution in [2.75, 3.05) is 37.6 Å². The van der Waals surface area contributed by atoms with Gasteiger partial charge in [0.05, 0.1) is 22.3 Å². The molecule has 0 spiro atoms. The highest BCUT2D eigenvalue weighted by Crippen LogP contribution is 2.32. The Balaban J connectivity index is 2.01. The van der Waals surface area contributed by atoms with Gasteiger partial charge in [-0.2, -0.15) is 0 Å². The summed E-state index contributed by atoms with van der Waals surface area (Å²) in [5, 5.41) is 0.831. The first-order chi connectivity index (χ1) is 8.58. The third kappa shape index (κ3) is 3.29. The Morgan fingerprint density at radius 1 is 1.17 bits per heavy atom. The lowest BCUT2D eigenvalue weighted by atomic mass is 10.2. The molecule has 18 heavy (non-hydrogen) atoms. The summed E-state index contributed by atoms with van der Waals surface area (Å²) in [6.07, 6.45) is 0. The molecule has 0 bridgehead atoms. The van der Waals surface area contributed by atoms with Gasteiger partial charge < -0.3 is 4.90 Å². The zero-order chi connectivity index (χ0) is 13.1. The van der Waals surface area contributed by atoms with Crippen LogP contribution in [0.3, 0.4) is 0 Å². The maximum absolute atomic E-state index is 10.8. The minimum atomic E-state index is -0.316. The summed E-state index contributed by atoms with van der Waals surface area (Å²) in [4.78, 5) is 15.0. The number of carbonyl (C=O) groups is 1. The largest absolute Gasteiger partial charge is 0.368 e. The van der Waals surface area contributed by atoms with Gasteiger partial charge in [0.1, 0.15) is 0 Å². The van der Waals surface area contributed by atoms with Crippen molar-refractivity contribution in [3.05, 3.63) is 28.2 Å². The average molecular weight is 308 g/mol. The van der Waals surface area contributed by atoms with Crippen molar-refractivity contribution in [2.24, 2.45) is 0 Å². The number of benzene rings is 1. The molecule has 0 atom stereocenters. The van der Waals surface area contributed by atoms with Crippen LogP contribution in [0.2, 0.25) is 10.0 Å². The third-order valence-electron chi connectivity index (χ3n) is 2.99. The minimum Gasteiger partial charge on any atom is -0.368 e. The van der Waals surface area contributed by atoms with Crippen molar-refractivity contribution < 1.29 is 4.79 Å². The summed E-state index contributed by atoms with van der Waals surface area (Å²) >= 11 is 17.6. The topological polar surface area (TPSA) is 23.6 Å². The highest BCUT2D eigenvalue weighted by Gasteiger charge is 2.20. The summed E-state index contributed by atoms with van der Waals surface area (Å²) in [5.41, 5.74) is 0.945. The third-order valence-corrected chi connectivity index (χ3v) is 3.92. The SMILES string of the molecule is O=C(Cl)CN1CCN(c2cccc(Cl)c2Cl)CC1. The molecule has 2 rings (SSSR count). The Kier molecular flexibility index (Phi) is 4.73. The van der Waals surface area contributed by atoms with Crippen LogP contribution in [-0.2, 0) is 4.79 Å². The summed E-state index contributed by atoms with van der Waals surface area (Å²) in [6, 6.07) is 5.62. The van der Waals surface area contributed by atoms with Crippen LogP contribution in [-0.4, -0.2) is 42.9 Å². The molecule has 1 aromatic rings. The number of hydrogen-bond donors (Lipinski definition) is 0. The van der Waals surface area contributed by atoms with E-state index in [1.807, 2.05) is 17.0 Å². The van der Waals surface area contributed by atoms with E-state index in [0.29, 0.717) is 16.6 Å². The molecule has 0 saturated carbocycles. The highest BCUT2D eigenvalue weighted by molar-refractivity contribution is 6.64. The molecular weight excluding hydrogens is 295 g/mol. The molecule has 0 aliphatic carbocycles. The first kappa shape index (κ1) is 13.9. The van der Waals surface area contributed by atoms with Gasteiger partial charge >= 0.3 is 0 Å². The fourth-order valence-electron chi connectivity index (χ4n) is 2.06. The minimum absolute atomic E-state index is 0.304. The Labute approximate surface area is 121 Å². The van der Waals surface area contributed by atoms with Gasteiger partial charge in [-0.05, 0) is 23.7 Å². The first-order valence-corrected chi connectivity index (χ1v) is 6.81. The van der Waals surface area contributed by atoms with E-state index in [9.17, 15) is 4.79 Å². The van der Waals surface area contributed by atoms with Crippen molar-refractivity contribution in [1.29, 1.82) is 0 Å². The Hall–Kier alpha value is -0.480. The zero-order valence-electron chi connectivity index (χ0n) is 9.70. The molecule has 0 amide bonds. The first-order valence-electron chi connectivity index (χ1n) is 5.67.